The van der Waals surface area contributed by atoms with Crippen LogP contribution in [0.15, 0.2) is 18.2 Å². The van der Waals surface area contributed by atoms with Crippen molar-refractivity contribution in [3.8, 4) is 11.4 Å². The lowest BCUT2D eigenvalue weighted by atomic mass is 10.1. The van der Waals surface area contributed by atoms with Gasteiger partial charge in [-0.05, 0) is 48.0 Å². The summed E-state index contributed by atoms with van der Waals surface area (Å²) >= 11 is 0. The van der Waals surface area contributed by atoms with Gasteiger partial charge in [0.05, 0.1) is 11.8 Å². The van der Waals surface area contributed by atoms with E-state index in [1.54, 1.807) is 13.0 Å². The van der Waals surface area contributed by atoms with Gasteiger partial charge < -0.3 is 5.73 Å². The van der Waals surface area contributed by atoms with Crippen LogP contribution in [0.25, 0.3) is 11.4 Å². The SMILES string of the molecule is Cc1cc(N)ccc1-c1nnnn1C(C)CS(C)(=O)=O. The number of hydrogen-bond donors (Lipinski definition) is 1. The summed E-state index contributed by atoms with van der Waals surface area (Å²) < 4.78 is 24.3. The van der Waals surface area contributed by atoms with Crippen molar-refractivity contribution in [1.29, 1.82) is 0 Å². The smallest absolute Gasteiger partial charge is 0.182 e. The maximum Gasteiger partial charge on any atom is 0.182 e. The summed E-state index contributed by atoms with van der Waals surface area (Å²) in [7, 11) is -3.10. The third-order valence-corrected chi connectivity index (χ3v) is 4.03. The average molecular weight is 295 g/mol. The van der Waals surface area contributed by atoms with Crippen LogP contribution < -0.4 is 5.73 Å². The van der Waals surface area contributed by atoms with Gasteiger partial charge in [0.2, 0.25) is 0 Å². The Morgan fingerprint density at radius 3 is 2.70 bits per heavy atom. The van der Waals surface area contributed by atoms with Gasteiger partial charge in [-0.15, -0.1) is 5.10 Å². The van der Waals surface area contributed by atoms with Crippen LogP contribution >= 0.6 is 0 Å². The Bertz CT molecular complexity index is 723. The number of aryl methyl sites for hydroxylation is 1. The molecule has 0 radical (unpaired) electrons. The highest BCUT2D eigenvalue weighted by atomic mass is 32.2. The number of aromatic nitrogens is 4. The van der Waals surface area contributed by atoms with Crippen molar-refractivity contribution < 1.29 is 8.42 Å². The topological polar surface area (TPSA) is 104 Å². The van der Waals surface area contributed by atoms with Crippen molar-refractivity contribution >= 4 is 15.5 Å². The standard InChI is InChI=1S/C12H17N5O2S/c1-8-6-10(13)4-5-11(8)12-14-15-16-17(12)9(2)7-20(3,18)19/h4-6,9H,7,13H2,1-3H3. The van der Waals surface area contributed by atoms with E-state index in [2.05, 4.69) is 15.5 Å². The molecule has 2 aromatic rings. The van der Waals surface area contributed by atoms with Gasteiger partial charge in [-0.1, -0.05) is 0 Å². The minimum Gasteiger partial charge on any atom is -0.399 e. The number of sulfone groups is 1. The van der Waals surface area contributed by atoms with Crippen LogP contribution in [0.4, 0.5) is 5.69 Å². The maximum atomic E-state index is 11.4. The first-order valence-electron chi connectivity index (χ1n) is 6.10. The van der Waals surface area contributed by atoms with Crippen LogP contribution in [-0.4, -0.2) is 40.6 Å². The normalized spacial score (nSPS) is 13.3. The number of nitrogens with zero attached hydrogens (tertiary/aromatic N) is 4. The van der Waals surface area contributed by atoms with Gasteiger partial charge in [-0.3, -0.25) is 0 Å². The van der Waals surface area contributed by atoms with E-state index in [9.17, 15) is 8.42 Å². The summed E-state index contributed by atoms with van der Waals surface area (Å²) in [6.45, 7) is 3.68. The van der Waals surface area contributed by atoms with Gasteiger partial charge in [0.1, 0.15) is 9.84 Å². The van der Waals surface area contributed by atoms with Crippen molar-refractivity contribution in [2.24, 2.45) is 0 Å². The molecule has 2 rings (SSSR count). The molecule has 0 saturated carbocycles. The number of benzene rings is 1. The summed E-state index contributed by atoms with van der Waals surface area (Å²) in [6, 6.07) is 5.09. The highest BCUT2D eigenvalue weighted by Gasteiger charge is 2.19. The molecule has 0 amide bonds. The van der Waals surface area contributed by atoms with E-state index in [-0.39, 0.29) is 11.8 Å². The molecule has 0 bridgehead atoms. The van der Waals surface area contributed by atoms with Gasteiger partial charge >= 0.3 is 0 Å². The van der Waals surface area contributed by atoms with Crippen LogP contribution in [0.5, 0.6) is 0 Å². The Morgan fingerprint density at radius 2 is 2.10 bits per heavy atom. The molecule has 0 aliphatic carbocycles. The molecular weight excluding hydrogens is 278 g/mol. The molecule has 8 heteroatoms. The fourth-order valence-corrected chi connectivity index (χ4v) is 3.13. The lowest BCUT2D eigenvalue weighted by Crippen LogP contribution is -2.18. The van der Waals surface area contributed by atoms with E-state index in [4.69, 9.17) is 5.73 Å². The molecule has 108 valence electrons. The molecule has 2 N–H and O–H groups in total. The Balaban J connectivity index is 2.42. The second-order valence-electron chi connectivity index (χ2n) is 4.96. The molecule has 0 fully saturated rings. The van der Waals surface area contributed by atoms with Crippen molar-refractivity contribution in [1.82, 2.24) is 20.2 Å². The van der Waals surface area contributed by atoms with Gasteiger partial charge in [-0.25, -0.2) is 13.1 Å². The summed E-state index contributed by atoms with van der Waals surface area (Å²) in [6.07, 6.45) is 1.20. The van der Waals surface area contributed by atoms with Crippen molar-refractivity contribution in [3.05, 3.63) is 23.8 Å². The highest BCUT2D eigenvalue weighted by Crippen LogP contribution is 2.24. The average Bonchev–Trinajstić information content (AvgIpc) is 2.75. The van der Waals surface area contributed by atoms with E-state index in [1.165, 1.54) is 10.9 Å². The molecule has 20 heavy (non-hydrogen) atoms. The quantitative estimate of drug-likeness (QED) is 0.838. The van der Waals surface area contributed by atoms with Crippen LogP contribution in [0, 0.1) is 6.92 Å². The molecule has 1 heterocycles. The zero-order chi connectivity index (χ0) is 14.9. The zero-order valence-electron chi connectivity index (χ0n) is 11.6. The predicted molar refractivity (Wildman–Crippen MR) is 76.8 cm³/mol. The van der Waals surface area contributed by atoms with E-state index < -0.39 is 9.84 Å². The zero-order valence-corrected chi connectivity index (χ0v) is 12.4. The maximum absolute atomic E-state index is 11.4. The summed E-state index contributed by atoms with van der Waals surface area (Å²) in [4.78, 5) is 0. The second-order valence-corrected chi connectivity index (χ2v) is 7.15. The highest BCUT2D eigenvalue weighted by molar-refractivity contribution is 7.90. The number of rotatable bonds is 4. The van der Waals surface area contributed by atoms with E-state index in [0.29, 0.717) is 11.5 Å². The van der Waals surface area contributed by atoms with Crippen LogP contribution in [0.3, 0.4) is 0 Å². The largest absolute Gasteiger partial charge is 0.399 e. The van der Waals surface area contributed by atoms with Gasteiger partial charge in [0.15, 0.2) is 5.82 Å². The molecule has 0 saturated heterocycles. The first kappa shape index (κ1) is 14.4. The number of nitrogen functional groups attached to an aromatic ring is 1. The fourth-order valence-electron chi connectivity index (χ4n) is 2.11. The van der Waals surface area contributed by atoms with Gasteiger partial charge in [0, 0.05) is 17.5 Å². The Labute approximate surface area is 117 Å². The molecular formula is C12H17N5O2S. The minimum absolute atomic E-state index is 0.0148. The van der Waals surface area contributed by atoms with E-state index in [1.807, 2.05) is 19.1 Å². The van der Waals surface area contributed by atoms with Crippen LogP contribution in [-0.2, 0) is 9.84 Å². The number of tetrazole rings is 1. The van der Waals surface area contributed by atoms with E-state index in [0.717, 1.165) is 11.1 Å². The lowest BCUT2D eigenvalue weighted by molar-refractivity contribution is 0.509. The summed E-state index contributed by atoms with van der Waals surface area (Å²) in [5.41, 5.74) is 8.16. The van der Waals surface area contributed by atoms with Gasteiger partial charge in [0.25, 0.3) is 0 Å². The van der Waals surface area contributed by atoms with E-state index >= 15 is 0 Å². The lowest BCUT2D eigenvalue weighted by Gasteiger charge is -2.13. The van der Waals surface area contributed by atoms with Crippen molar-refractivity contribution in [2.75, 3.05) is 17.7 Å². The second kappa shape index (κ2) is 5.20. The molecule has 1 atom stereocenters. The third kappa shape index (κ3) is 3.13. The van der Waals surface area contributed by atoms with Crippen LogP contribution in [0.1, 0.15) is 18.5 Å². The molecule has 1 aromatic heterocycles. The summed E-state index contributed by atoms with van der Waals surface area (Å²) in [5, 5.41) is 11.5. The number of nitrogens with two attached hydrogens (primary N) is 1. The molecule has 0 spiro atoms. The van der Waals surface area contributed by atoms with Gasteiger partial charge in [-0.2, -0.15) is 0 Å². The summed E-state index contributed by atoms with van der Waals surface area (Å²) in [5.74, 6) is 0.526. The fraction of sp³-hybridized carbons (Fsp3) is 0.417. The first-order chi connectivity index (χ1) is 9.28. The predicted octanol–water partition coefficient (Wildman–Crippen LogP) is 0.836. The minimum atomic E-state index is -3.10. The Kier molecular flexibility index (Phi) is 3.76. The molecule has 7 nitrogen and oxygen atoms in total. The monoisotopic (exact) mass is 295 g/mol. The molecule has 0 aliphatic rings. The van der Waals surface area contributed by atoms with Crippen LogP contribution in [0.2, 0.25) is 0 Å². The molecule has 0 aliphatic heterocycles. The third-order valence-electron chi connectivity index (χ3n) is 2.95. The van der Waals surface area contributed by atoms with Crippen molar-refractivity contribution in [3.63, 3.8) is 0 Å². The Morgan fingerprint density at radius 1 is 1.40 bits per heavy atom. The molecule has 1 aromatic carbocycles. The van der Waals surface area contributed by atoms with Crippen molar-refractivity contribution in [2.45, 2.75) is 19.9 Å². The first-order valence-corrected chi connectivity index (χ1v) is 8.16. The molecule has 1 unspecified atom stereocenters. The number of anilines is 1. The Hall–Kier alpha value is -1.96. The number of hydrogen-bond acceptors (Lipinski definition) is 6.